The van der Waals surface area contributed by atoms with Crippen LogP contribution in [0.1, 0.15) is 32.1 Å². The lowest BCUT2D eigenvalue weighted by molar-refractivity contribution is 0.409. The molecule has 2 rings (SSSR count). The van der Waals surface area contributed by atoms with Gasteiger partial charge in [-0.25, -0.2) is 0 Å². The van der Waals surface area contributed by atoms with Crippen LogP contribution in [0.2, 0.25) is 0 Å². The van der Waals surface area contributed by atoms with Crippen molar-refractivity contribution in [2.75, 3.05) is 13.1 Å². The first-order valence-corrected chi connectivity index (χ1v) is 4.66. The molecular weight excluding hydrogens is 122 g/mol. The summed E-state index contributed by atoms with van der Waals surface area (Å²) in [4.78, 5) is 0. The molecule has 0 radical (unpaired) electrons. The van der Waals surface area contributed by atoms with Crippen LogP contribution in [0.4, 0.5) is 0 Å². The molecule has 2 unspecified atom stereocenters. The van der Waals surface area contributed by atoms with E-state index in [9.17, 15) is 0 Å². The van der Waals surface area contributed by atoms with Crippen LogP contribution >= 0.6 is 0 Å². The predicted molar refractivity (Wildman–Crippen MR) is 42.9 cm³/mol. The van der Waals surface area contributed by atoms with Crippen LogP contribution in [0.3, 0.4) is 0 Å². The van der Waals surface area contributed by atoms with E-state index >= 15 is 0 Å². The second kappa shape index (κ2) is 2.91. The largest absolute Gasteiger partial charge is 0.316 e. The molecule has 1 N–H and O–H groups in total. The number of nitrogens with one attached hydrogen (secondary N) is 1. The molecule has 1 heteroatoms. The molecule has 0 spiro atoms. The number of fused-ring (bicyclic) bond motifs is 3. The monoisotopic (exact) mass is 139 g/mol. The van der Waals surface area contributed by atoms with Crippen LogP contribution in [-0.4, -0.2) is 13.1 Å². The maximum atomic E-state index is 3.55. The van der Waals surface area contributed by atoms with Gasteiger partial charge < -0.3 is 5.32 Å². The lowest BCUT2D eigenvalue weighted by Gasteiger charge is -2.15. The Morgan fingerprint density at radius 3 is 2.00 bits per heavy atom. The standard InChI is InChI=1S/C9H17N/c1-2-8-4-5-9(3-1)7-10-6-8/h8-10H,1-7H2. The van der Waals surface area contributed by atoms with Gasteiger partial charge in [-0.15, -0.1) is 0 Å². The van der Waals surface area contributed by atoms with Crippen molar-refractivity contribution in [1.29, 1.82) is 0 Å². The van der Waals surface area contributed by atoms with Crippen LogP contribution in [0, 0.1) is 11.8 Å². The van der Waals surface area contributed by atoms with Crippen LogP contribution in [0.25, 0.3) is 0 Å². The van der Waals surface area contributed by atoms with Crippen molar-refractivity contribution in [3.63, 3.8) is 0 Å². The van der Waals surface area contributed by atoms with Gasteiger partial charge in [-0.2, -0.15) is 0 Å². The fourth-order valence-corrected chi connectivity index (χ4v) is 2.36. The minimum Gasteiger partial charge on any atom is -0.316 e. The maximum Gasteiger partial charge on any atom is -0.00204 e. The summed E-state index contributed by atoms with van der Waals surface area (Å²) < 4.78 is 0. The maximum absolute atomic E-state index is 3.55. The molecule has 10 heavy (non-hydrogen) atoms. The van der Waals surface area contributed by atoms with E-state index in [4.69, 9.17) is 0 Å². The zero-order chi connectivity index (χ0) is 6.81. The fraction of sp³-hybridized carbons (Fsp3) is 1.00. The summed E-state index contributed by atoms with van der Waals surface area (Å²) in [5.74, 6) is 2.04. The van der Waals surface area contributed by atoms with Gasteiger partial charge in [-0.1, -0.05) is 6.42 Å². The number of hydrogen-bond acceptors (Lipinski definition) is 1. The highest BCUT2D eigenvalue weighted by Crippen LogP contribution is 2.28. The number of rotatable bonds is 0. The molecule has 1 nitrogen and oxygen atoms in total. The summed E-state index contributed by atoms with van der Waals surface area (Å²) in [5.41, 5.74) is 0. The van der Waals surface area contributed by atoms with Gasteiger partial charge in [0.15, 0.2) is 0 Å². The zero-order valence-electron chi connectivity index (χ0n) is 6.60. The summed E-state index contributed by atoms with van der Waals surface area (Å²) in [5, 5.41) is 3.55. The molecule has 1 aliphatic carbocycles. The van der Waals surface area contributed by atoms with Crippen LogP contribution in [0.15, 0.2) is 0 Å². The van der Waals surface area contributed by atoms with Crippen molar-refractivity contribution in [2.45, 2.75) is 32.1 Å². The first kappa shape index (κ1) is 6.66. The average Bonchev–Trinajstić information content (AvgIpc) is 2.17. The Hall–Kier alpha value is -0.0400. The summed E-state index contributed by atoms with van der Waals surface area (Å²) in [6, 6.07) is 0. The Bertz CT molecular complexity index is 89.3. The molecule has 1 saturated carbocycles. The van der Waals surface area contributed by atoms with Crippen molar-refractivity contribution >= 4 is 0 Å². The molecular formula is C9H17N. The zero-order valence-corrected chi connectivity index (χ0v) is 6.60. The summed E-state index contributed by atoms with van der Waals surface area (Å²) >= 11 is 0. The Morgan fingerprint density at radius 1 is 0.800 bits per heavy atom. The summed E-state index contributed by atoms with van der Waals surface area (Å²) in [6.45, 7) is 2.60. The molecule has 2 fully saturated rings. The lowest BCUT2D eigenvalue weighted by Crippen LogP contribution is -2.25. The molecule has 0 aromatic rings. The van der Waals surface area contributed by atoms with Crippen molar-refractivity contribution in [3.05, 3.63) is 0 Å². The Kier molecular flexibility index (Phi) is 1.94. The third-order valence-corrected chi connectivity index (χ3v) is 3.07. The van der Waals surface area contributed by atoms with Crippen molar-refractivity contribution in [3.8, 4) is 0 Å². The first-order valence-electron chi connectivity index (χ1n) is 4.66. The highest BCUT2D eigenvalue weighted by Gasteiger charge is 2.21. The fourth-order valence-electron chi connectivity index (χ4n) is 2.36. The highest BCUT2D eigenvalue weighted by molar-refractivity contribution is 4.77. The van der Waals surface area contributed by atoms with Gasteiger partial charge in [0.05, 0.1) is 0 Å². The highest BCUT2D eigenvalue weighted by atomic mass is 14.9. The molecule has 0 aromatic carbocycles. The summed E-state index contributed by atoms with van der Waals surface area (Å²) in [7, 11) is 0. The van der Waals surface area contributed by atoms with E-state index in [1.54, 1.807) is 0 Å². The van der Waals surface area contributed by atoms with Gasteiger partial charge in [0.1, 0.15) is 0 Å². The van der Waals surface area contributed by atoms with E-state index in [1.807, 2.05) is 0 Å². The van der Waals surface area contributed by atoms with Gasteiger partial charge in [-0.05, 0) is 50.6 Å². The SMILES string of the molecule is C1CC2CCC(C1)CNC2. The lowest BCUT2D eigenvalue weighted by atomic mass is 10.0. The van der Waals surface area contributed by atoms with Gasteiger partial charge in [-0.3, -0.25) is 0 Å². The minimum absolute atomic E-state index is 1.02. The predicted octanol–water partition coefficient (Wildman–Crippen LogP) is 1.79. The van der Waals surface area contributed by atoms with Gasteiger partial charge in [0.2, 0.25) is 0 Å². The van der Waals surface area contributed by atoms with Gasteiger partial charge in [0, 0.05) is 0 Å². The van der Waals surface area contributed by atoms with E-state index in [0.29, 0.717) is 0 Å². The normalized spacial score (nSPS) is 40.8. The molecule has 58 valence electrons. The van der Waals surface area contributed by atoms with Crippen molar-refractivity contribution < 1.29 is 0 Å². The topological polar surface area (TPSA) is 12.0 Å². The third-order valence-electron chi connectivity index (χ3n) is 3.07. The van der Waals surface area contributed by atoms with Crippen LogP contribution in [0.5, 0.6) is 0 Å². The van der Waals surface area contributed by atoms with E-state index < -0.39 is 0 Å². The average molecular weight is 139 g/mol. The van der Waals surface area contributed by atoms with Crippen molar-refractivity contribution in [1.82, 2.24) is 5.32 Å². The number of hydrogen-bond donors (Lipinski definition) is 1. The Morgan fingerprint density at radius 2 is 1.40 bits per heavy atom. The molecule has 1 saturated heterocycles. The van der Waals surface area contributed by atoms with Crippen molar-refractivity contribution in [2.24, 2.45) is 11.8 Å². The molecule has 2 atom stereocenters. The van der Waals surface area contributed by atoms with E-state index in [0.717, 1.165) is 11.8 Å². The quantitative estimate of drug-likeness (QED) is 0.539. The Labute approximate surface area is 63.2 Å². The second-order valence-corrected chi connectivity index (χ2v) is 3.90. The molecule has 2 bridgehead atoms. The van der Waals surface area contributed by atoms with E-state index in [1.165, 1.54) is 45.2 Å². The first-order chi connectivity index (χ1) is 4.95. The molecule has 1 aliphatic heterocycles. The Balaban J connectivity index is 2.01. The van der Waals surface area contributed by atoms with Crippen LogP contribution < -0.4 is 5.32 Å². The molecule has 0 amide bonds. The smallest absolute Gasteiger partial charge is 0.00204 e. The third kappa shape index (κ3) is 1.34. The molecule has 0 aromatic heterocycles. The summed E-state index contributed by atoms with van der Waals surface area (Å²) in [6.07, 6.45) is 7.47. The van der Waals surface area contributed by atoms with E-state index in [2.05, 4.69) is 5.32 Å². The molecule has 2 aliphatic rings. The minimum atomic E-state index is 1.02. The molecule has 1 heterocycles. The van der Waals surface area contributed by atoms with E-state index in [-0.39, 0.29) is 0 Å². The van der Waals surface area contributed by atoms with Gasteiger partial charge >= 0.3 is 0 Å². The van der Waals surface area contributed by atoms with Crippen LogP contribution in [-0.2, 0) is 0 Å². The van der Waals surface area contributed by atoms with Gasteiger partial charge in [0.25, 0.3) is 0 Å². The second-order valence-electron chi connectivity index (χ2n) is 3.90.